The lowest BCUT2D eigenvalue weighted by atomic mass is 9.98. The Hall–Kier alpha value is -2.09. The average Bonchev–Trinajstić information content (AvgIpc) is 2.41. The van der Waals surface area contributed by atoms with Crippen LogP contribution in [-0.2, 0) is 13.0 Å². The van der Waals surface area contributed by atoms with Gasteiger partial charge < -0.3 is 4.90 Å². The van der Waals surface area contributed by atoms with Crippen molar-refractivity contribution in [2.75, 3.05) is 6.54 Å². The Labute approximate surface area is 120 Å². The van der Waals surface area contributed by atoms with Gasteiger partial charge in [0.25, 0.3) is 5.91 Å². The number of hydrogen-bond acceptors (Lipinski definition) is 1. The van der Waals surface area contributed by atoms with E-state index >= 15 is 0 Å². The lowest BCUT2D eigenvalue weighted by molar-refractivity contribution is 0.0727. The zero-order valence-corrected chi connectivity index (χ0v) is 12.0. The molecule has 0 saturated carbocycles. The maximum atomic E-state index is 12.5. The molecule has 0 unspecified atom stereocenters. The fraction of sp³-hybridized carbons (Fsp3) is 0.278. The standard InChI is InChI=1S/C18H19NO/c1-13-9-14(2)11-15(10-13)12-19-8-7-16-5-3-4-6-17(16)18(19)20/h3-6,9-11H,7-8,12H2,1-2H3. The van der Waals surface area contributed by atoms with Gasteiger partial charge in [-0.15, -0.1) is 0 Å². The second-order valence-electron chi connectivity index (χ2n) is 5.63. The summed E-state index contributed by atoms with van der Waals surface area (Å²) in [6.45, 7) is 5.71. The first-order valence-corrected chi connectivity index (χ1v) is 7.08. The fourth-order valence-corrected chi connectivity index (χ4v) is 3.01. The first kappa shape index (κ1) is 12.9. The van der Waals surface area contributed by atoms with E-state index in [9.17, 15) is 4.79 Å². The monoisotopic (exact) mass is 265 g/mol. The number of hydrogen-bond donors (Lipinski definition) is 0. The summed E-state index contributed by atoms with van der Waals surface area (Å²) in [5.74, 6) is 0.158. The molecule has 0 saturated heterocycles. The topological polar surface area (TPSA) is 20.3 Å². The van der Waals surface area contributed by atoms with Gasteiger partial charge in [-0.1, -0.05) is 47.5 Å². The number of rotatable bonds is 2. The van der Waals surface area contributed by atoms with Crippen LogP contribution in [-0.4, -0.2) is 17.4 Å². The Kier molecular flexibility index (Phi) is 3.31. The van der Waals surface area contributed by atoms with E-state index in [4.69, 9.17) is 0 Å². The van der Waals surface area contributed by atoms with Crippen LogP contribution in [0, 0.1) is 13.8 Å². The van der Waals surface area contributed by atoms with Crippen molar-refractivity contribution in [1.82, 2.24) is 4.90 Å². The summed E-state index contributed by atoms with van der Waals surface area (Å²) in [5, 5.41) is 0. The van der Waals surface area contributed by atoms with Crippen molar-refractivity contribution in [3.05, 3.63) is 70.3 Å². The van der Waals surface area contributed by atoms with Gasteiger partial charge in [0.1, 0.15) is 0 Å². The minimum Gasteiger partial charge on any atom is -0.334 e. The molecule has 3 rings (SSSR count). The van der Waals surface area contributed by atoms with E-state index in [0.29, 0.717) is 6.54 Å². The molecule has 1 aliphatic heterocycles. The summed E-state index contributed by atoms with van der Waals surface area (Å²) < 4.78 is 0. The van der Waals surface area contributed by atoms with Gasteiger partial charge in [0.15, 0.2) is 0 Å². The predicted octanol–water partition coefficient (Wildman–Crippen LogP) is 3.50. The predicted molar refractivity (Wildman–Crippen MR) is 80.8 cm³/mol. The molecule has 2 nitrogen and oxygen atoms in total. The van der Waals surface area contributed by atoms with Gasteiger partial charge in [0.2, 0.25) is 0 Å². The fourth-order valence-electron chi connectivity index (χ4n) is 3.01. The molecule has 0 bridgehead atoms. The molecule has 0 aliphatic carbocycles. The minimum atomic E-state index is 0.158. The van der Waals surface area contributed by atoms with Crippen molar-refractivity contribution in [2.24, 2.45) is 0 Å². The van der Waals surface area contributed by atoms with Crippen LogP contribution in [0.25, 0.3) is 0 Å². The number of carbonyl (C=O) groups excluding carboxylic acids is 1. The number of fused-ring (bicyclic) bond motifs is 1. The molecule has 0 radical (unpaired) electrons. The smallest absolute Gasteiger partial charge is 0.254 e. The summed E-state index contributed by atoms with van der Waals surface area (Å²) in [5.41, 5.74) is 5.77. The molecule has 1 aliphatic rings. The highest BCUT2D eigenvalue weighted by Gasteiger charge is 2.23. The lowest BCUT2D eigenvalue weighted by Crippen LogP contribution is -2.37. The summed E-state index contributed by atoms with van der Waals surface area (Å²) in [6.07, 6.45) is 0.951. The number of nitrogens with zero attached hydrogens (tertiary/aromatic N) is 1. The van der Waals surface area contributed by atoms with Crippen molar-refractivity contribution < 1.29 is 4.79 Å². The lowest BCUT2D eigenvalue weighted by Gasteiger charge is -2.28. The highest BCUT2D eigenvalue weighted by Crippen LogP contribution is 2.21. The second-order valence-corrected chi connectivity index (χ2v) is 5.63. The van der Waals surface area contributed by atoms with E-state index in [1.165, 1.54) is 22.3 Å². The molecule has 102 valence electrons. The van der Waals surface area contributed by atoms with Crippen molar-refractivity contribution >= 4 is 5.91 Å². The number of amides is 1. The maximum absolute atomic E-state index is 12.5. The van der Waals surface area contributed by atoms with E-state index in [2.05, 4.69) is 38.1 Å². The van der Waals surface area contributed by atoms with Gasteiger partial charge in [0.05, 0.1) is 0 Å². The van der Waals surface area contributed by atoms with E-state index < -0.39 is 0 Å². The second kappa shape index (κ2) is 5.12. The number of carbonyl (C=O) groups is 1. The van der Waals surface area contributed by atoms with Gasteiger partial charge in [0, 0.05) is 18.7 Å². The molecule has 2 aromatic carbocycles. The summed E-state index contributed by atoms with van der Waals surface area (Å²) >= 11 is 0. The third-order valence-electron chi connectivity index (χ3n) is 3.84. The molecule has 0 N–H and O–H groups in total. The van der Waals surface area contributed by atoms with E-state index in [-0.39, 0.29) is 5.91 Å². The zero-order chi connectivity index (χ0) is 14.1. The van der Waals surface area contributed by atoms with Crippen molar-refractivity contribution in [3.63, 3.8) is 0 Å². The molecule has 1 heterocycles. The highest BCUT2D eigenvalue weighted by molar-refractivity contribution is 5.96. The molecule has 2 heteroatoms. The van der Waals surface area contributed by atoms with E-state index in [1.54, 1.807) is 0 Å². The average molecular weight is 265 g/mol. The van der Waals surface area contributed by atoms with Crippen molar-refractivity contribution in [1.29, 1.82) is 0 Å². The van der Waals surface area contributed by atoms with E-state index in [1.807, 2.05) is 23.1 Å². The Morgan fingerprint density at radius 3 is 2.50 bits per heavy atom. The van der Waals surface area contributed by atoms with Gasteiger partial charge in [-0.2, -0.15) is 0 Å². The molecule has 0 fully saturated rings. The Morgan fingerprint density at radius 1 is 1.05 bits per heavy atom. The summed E-state index contributed by atoms with van der Waals surface area (Å²) in [4.78, 5) is 14.5. The number of benzene rings is 2. The largest absolute Gasteiger partial charge is 0.334 e. The zero-order valence-electron chi connectivity index (χ0n) is 12.0. The van der Waals surface area contributed by atoms with Crippen LogP contribution in [0.5, 0.6) is 0 Å². The van der Waals surface area contributed by atoms with Crippen LogP contribution < -0.4 is 0 Å². The third-order valence-corrected chi connectivity index (χ3v) is 3.84. The first-order valence-electron chi connectivity index (χ1n) is 7.08. The molecule has 2 aromatic rings. The third kappa shape index (κ3) is 2.46. The minimum absolute atomic E-state index is 0.158. The van der Waals surface area contributed by atoms with Crippen LogP contribution >= 0.6 is 0 Å². The van der Waals surface area contributed by atoms with Gasteiger partial charge in [-0.25, -0.2) is 0 Å². The van der Waals surface area contributed by atoms with E-state index in [0.717, 1.165) is 18.5 Å². The van der Waals surface area contributed by atoms with Gasteiger partial charge in [-0.3, -0.25) is 4.79 Å². The molecule has 1 amide bonds. The van der Waals surface area contributed by atoms with Crippen LogP contribution in [0.3, 0.4) is 0 Å². The maximum Gasteiger partial charge on any atom is 0.254 e. The Morgan fingerprint density at radius 2 is 1.75 bits per heavy atom. The van der Waals surface area contributed by atoms with Crippen LogP contribution in [0.2, 0.25) is 0 Å². The molecular formula is C18H19NO. The molecule has 20 heavy (non-hydrogen) atoms. The SMILES string of the molecule is Cc1cc(C)cc(CN2CCc3ccccc3C2=O)c1. The van der Waals surface area contributed by atoms with Crippen LogP contribution in [0.1, 0.15) is 32.6 Å². The van der Waals surface area contributed by atoms with Crippen molar-refractivity contribution in [3.8, 4) is 0 Å². The highest BCUT2D eigenvalue weighted by atomic mass is 16.2. The van der Waals surface area contributed by atoms with Gasteiger partial charge in [-0.05, 0) is 37.5 Å². The van der Waals surface area contributed by atoms with Crippen LogP contribution in [0.15, 0.2) is 42.5 Å². The Balaban J connectivity index is 1.84. The van der Waals surface area contributed by atoms with Gasteiger partial charge >= 0.3 is 0 Å². The van der Waals surface area contributed by atoms with Crippen LogP contribution in [0.4, 0.5) is 0 Å². The molecule has 0 aromatic heterocycles. The molecule has 0 spiro atoms. The summed E-state index contributed by atoms with van der Waals surface area (Å²) in [7, 11) is 0. The van der Waals surface area contributed by atoms with Crippen molar-refractivity contribution in [2.45, 2.75) is 26.8 Å². The number of aryl methyl sites for hydroxylation is 2. The molecule has 0 atom stereocenters. The summed E-state index contributed by atoms with van der Waals surface area (Å²) in [6, 6.07) is 14.4. The quantitative estimate of drug-likeness (QED) is 0.813. The molecular weight excluding hydrogens is 246 g/mol. The first-order chi connectivity index (χ1) is 9.63. The Bertz CT molecular complexity index is 640. The normalized spacial score (nSPS) is 14.3.